The van der Waals surface area contributed by atoms with Crippen LogP contribution < -0.4 is 9.64 Å². The second-order valence-corrected chi connectivity index (χ2v) is 14.2. The lowest BCUT2D eigenvalue weighted by molar-refractivity contribution is -0.195. The molecule has 12 nitrogen and oxygen atoms in total. The summed E-state index contributed by atoms with van der Waals surface area (Å²) in [7, 11) is 3.40. The highest BCUT2D eigenvalue weighted by Gasteiger charge is 2.48. The number of nitrogens with zero attached hydrogens (tertiary/aromatic N) is 2. The Labute approximate surface area is 303 Å². The molecule has 51 heavy (non-hydrogen) atoms. The highest BCUT2D eigenvalue weighted by molar-refractivity contribution is 5.71. The summed E-state index contributed by atoms with van der Waals surface area (Å²) in [5, 5.41) is 0. The molecule has 0 spiro atoms. The zero-order valence-electron chi connectivity index (χ0n) is 31.6. The minimum absolute atomic E-state index is 0.192. The summed E-state index contributed by atoms with van der Waals surface area (Å²) in [5.74, 6) is 0.646. The number of benzene rings is 2. The summed E-state index contributed by atoms with van der Waals surface area (Å²) in [5.41, 5.74) is 2.05. The van der Waals surface area contributed by atoms with E-state index in [0.717, 1.165) is 47.6 Å². The number of carbonyl (C=O) groups is 2. The highest BCUT2D eigenvalue weighted by atomic mass is 16.6. The third-order valence-electron chi connectivity index (χ3n) is 8.84. The van der Waals surface area contributed by atoms with Crippen LogP contribution >= 0.6 is 0 Å². The third-order valence-corrected chi connectivity index (χ3v) is 8.84. The van der Waals surface area contributed by atoms with E-state index in [2.05, 4.69) is 17.9 Å². The number of fused-ring (bicyclic) bond motifs is 1. The van der Waals surface area contributed by atoms with Crippen molar-refractivity contribution in [2.24, 2.45) is 5.92 Å². The van der Waals surface area contributed by atoms with Gasteiger partial charge in [-0.1, -0.05) is 37.3 Å². The quantitative estimate of drug-likeness (QED) is 0.140. The molecule has 2 aliphatic rings. The molecule has 0 unspecified atom stereocenters. The van der Waals surface area contributed by atoms with Gasteiger partial charge in [0.05, 0.1) is 51.8 Å². The lowest BCUT2D eigenvalue weighted by Gasteiger charge is -2.47. The number of ether oxygens (including phenoxy) is 8. The summed E-state index contributed by atoms with van der Waals surface area (Å²) >= 11 is 0. The number of rotatable bonds is 18. The van der Waals surface area contributed by atoms with E-state index in [-0.39, 0.29) is 32.3 Å². The number of piperidine rings is 1. The average molecular weight is 715 g/mol. The smallest absolute Gasteiger partial charge is 0.410 e. The molecule has 2 aromatic carbocycles. The number of carbonyl (C=O) groups excluding carboxylic acids is 2. The monoisotopic (exact) mass is 714 g/mol. The molecule has 0 N–H and O–H groups in total. The first-order chi connectivity index (χ1) is 24.5. The number of amides is 1. The van der Waals surface area contributed by atoms with E-state index < -0.39 is 29.4 Å². The summed E-state index contributed by atoms with van der Waals surface area (Å²) in [4.78, 5) is 30.0. The number of hydrogen-bond acceptors (Lipinski definition) is 11. The molecule has 1 amide bonds. The number of methoxy groups -OCH3 is 2. The number of hydrogen-bond donors (Lipinski definition) is 0. The van der Waals surface area contributed by atoms with Crippen LogP contribution in [0.2, 0.25) is 0 Å². The molecular weight excluding hydrogens is 656 g/mol. The molecule has 2 aliphatic heterocycles. The van der Waals surface area contributed by atoms with Crippen LogP contribution in [0, 0.1) is 5.92 Å². The fourth-order valence-electron chi connectivity index (χ4n) is 6.38. The van der Waals surface area contributed by atoms with Crippen molar-refractivity contribution in [2.45, 2.75) is 78.0 Å². The predicted octanol–water partition coefficient (Wildman–Crippen LogP) is 5.72. The van der Waals surface area contributed by atoms with E-state index in [1.165, 1.54) is 0 Å². The van der Waals surface area contributed by atoms with Crippen LogP contribution in [-0.4, -0.2) is 109 Å². The molecule has 0 aromatic heterocycles. The van der Waals surface area contributed by atoms with Gasteiger partial charge in [0.2, 0.25) is 0 Å². The van der Waals surface area contributed by atoms with Crippen LogP contribution in [0.1, 0.15) is 64.2 Å². The Morgan fingerprint density at radius 2 is 1.76 bits per heavy atom. The van der Waals surface area contributed by atoms with Crippen molar-refractivity contribution in [3.63, 3.8) is 0 Å². The summed E-state index contributed by atoms with van der Waals surface area (Å²) < 4.78 is 46.8. The molecule has 0 saturated carbocycles. The summed E-state index contributed by atoms with van der Waals surface area (Å²) in [6.45, 7) is 14.7. The first-order valence-electron chi connectivity index (χ1n) is 18.0. The molecule has 0 radical (unpaired) electrons. The maximum Gasteiger partial charge on any atom is 0.410 e. The van der Waals surface area contributed by atoms with Crippen LogP contribution in [0.25, 0.3) is 0 Å². The van der Waals surface area contributed by atoms with Crippen molar-refractivity contribution < 1.29 is 47.5 Å². The molecule has 0 aliphatic carbocycles. The molecule has 1 saturated heterocycles. The van der Waals surface area contributed by atoms with Crippen LogP contribution in [-0.2, 0) is 56.8 Å². The molecule has 2 aromatic rings. The minimum atomic E-state index is -1.07. The minimum Gasteiger partial charge on any atom is -0.490 e. The SMILES string of the molecule is CCOC(=O)CO[C@]1(c2ccc(COC[C@@H](C)COC)cc2)CCN(C(=O)OC(C)(C)C)C[C@@H]1OCc1ccc2c(c1)N(CCCOC)CCO2. The number of esters is 1. The maximum atomic E-state index is 13.4. The largest absolute Gasteiger partial charge is 0.490 e. The molecule has 2 heterocycles. The van der Waals surface area contributed by atoms with Gasteiger partial charge < -0.3 is 47.7 Å². The van der Waals surface area contributed by atoms with Crippen molar-refractivity contribution >= 4 is 17.7 Å². The number of likely N-dealkylation sites (tertiary alicyclic amines) is 1. The Kier molecular flexibility index (Phi) is 15.4. The normalized spacial score (nSPS) is 19.6. The zero-order valence-corrected chi connectivity index (χ0v) is 31.6. The van der Waals surface area contributed by atoms with E-state index in [0.29, 0.717) is 46.0 Å². The van der Waals surface area contributed by atoms with E-state index in [1.807, 2.05) is 57.2 Å². The van der Waals surface area contributed by atoms with Gasteiger partial charge in [0.15, 0.2) is 0 Å². The predicted molar refractivity (Wildman–Crippen MR) is 193 cm³/mol. The Hall–Kier alpha value is -3.42. The standard InChI is InChI=1S/C39H58N2O10/c1-8-47-36(42)28-50-39(32-13-10-30(11-14-32)26-46-25-29(2)24-45-7)16-18-41(37(43)51-38(3,4)5)23-35(39)49-27-31-12-15-34-33(22-31)40(19-21-48-34)17-9-20-44-6/h10-15,22,29,35H,8-9,16-21,23-28H2,1-7H3/t29-,35-,39-/m0/s1. The molecule has 3 atom stereocenters. The summed E-state index contributed by atoms with van der Waals surface area (Å²) in [6, 6.07) is 14.1. The first kappa shape index (κ1) is 40.4. The Bertz CT molecular complexity index is 1380. The topological polar surface area (TPSA) is 114 Å². The average Bonchev–Trinajstić information content (AvgIpc) is 3.10. The van der Waals surface area contributed by atoms with Gasteiger partial charge in [-0.3, -0.25) is 0 Å². The Morgan fingerprint density at radius 1 is 1.00 bits per heavy atom. The lowest BCUT2D eigenvalue weighted by atomic mass is 9.81. The molecule has 284 valence electrons. The van der Waals surface area contributed by atoms with Gasteiger partial charge >= 0.3 is 12.1 Å². The third kappa shape index (κ3) is 11.8. The Morgan fingerprint density at radius 3 is 2.47 bits per heavy atom. The van der Waals surface area contributed by atoms with Crippen molar-refractivity contribution in [1.29, 1.82) is 0 Å². The van der Waals surface area contributed by atoms with Gasteiger partial charge in [-0.2, -0.15) is 0 Å². The second-order valence-electron chi connectivity index (χ2n) is 14.2. The van der Waals surface area contributed by atoms with Crippen LogP contribution in [0.15, 0.2) is 42.5 Å². The highest BCUT2D eigenvalue weighted by Crippen LogP contribution is 2.41. The lowest BCUT2D eigenvalue weighted by Crippen LogP contribution is -2.58. The van der Waals surface area contributed by atoms with E-state index in [4.69, 9.17) is 37.9 Å². The van der Waals surface area contributed by atoms with Crippen molar-refractivity contribution in [1.82, 2.24) is 4.90 Å². The van der Waals surface area contributed by atoms with Crippen molar-refractivity contribution in [2.75, 3.05) is 84.9 Å². The fraction of sp³-hybridized carbons (Fsp3) is 0.641. The van der Waals surface area contributed by atoms with Crippen LogP contribution in [0.4, 0.5) is 10.5 Å². The van der Waals surface area contributed by atoms with Gasteiger partial charge in [0.1, 0.15) is 36.3 Å². The van der Waals surface area contributed by atoms with Gasteiger partial charge in [-0.05, 0) is 62.9 Å². The molecule has 0 bridgehead atoms. The van der Waals surface area contributed by atoms with Crippen molar-refractivity contribution in [3.8, 4) is 5.75 Å². The maximum absolute atomic E-state index is 13.4. The molecule has 4 rings (SSSR count). The van der Waals surface area contributed by atoms with Gasteiger partial charge in [0, 0.05) is 46.3 Å². The van der Waals surface area contributed by atoms with Gasteiger partial charge in [0.25, 0.3) is 0 Å². The van der Waals surface area contributed by atoms with Gasteiger partial charge in [-0.25, -0.2) is 9.59 Å². The van der Waals surface area contributed by atoms with Crippen molar-refractivity contribution in [3.05, 3.63) is 59.2 Å². The van der Waals surface area contributed by atoms with E-state index in [9.17, 15) is 9.59 Å². The van der Waals surface area contributed by atoms with Crippen LogP contribution in [0.5, 0.6) is 5.75 Å². The number of anilines is 1. The second kappa shape index (κ2) is 19.4. The molecular formula is C39H58N2O10. The van der Waals surface area contributed by atoms with E-state index >= 15 is 0 Å². The Balaban J connectivity index is 1.62. The van der Waals surface area contributed by atoms with Gasteiger partial charge in [-0.15, -0.1) is 0 Å². The zero-order chi connectivity index (χ0) is 36.9. The van der Waals surface area contributed by atoms with E-state index in [1.54, 1.807) is 26.0 Å². The summed E-state index contributed by atoms with van der Waals surface area (Å²) in [6.07, 6.45) is 0.182. The first-order valence-corrected chi connectivity index (χ1v) is 18.0. The molecule has 12 heteroatoms. The van der Waals surface area contributed by atoms with Crippen LogP contribution in [0.3, 0.4) is 0 Å². The fourth-order valence-corrected chi connectivity index (χ4v) is 6.38. The molecule has 1 fully saturated rings.